The summed E-state index contributed by atoms with van der Waals surface area (Å²) in [5.74, 6) is -1.03. The Morgan fingerprint density at radius 2 is 2.08 bits per heavy atom. The second-order valence-corrected chi connectivity index (χ2v) is 6.12. The minimum atomic E-state index is -0.631. The molecule has 4 aromatic rings. The third-order valence-electron chi connectivity index (χ3n) is 3.93. The molecule has 26 heavy (non-hydrogen) atoms. The van der Waals surface area contributed by atoms with Crippen molar-refractivity contribution in [1.82, 2.24) is 19.7 Å². The number of halogens is 2. The maximum Gasteiger partial charge on any atom is 0.258 e. The summed E-state index contributed by atoms with van der Waals surface area (Å²) in [5.41, 5.74) is 2.02. The van der Waals surface area contributed by atoms with E-state index in [1.54, 1.807) is 10.9 Å². The molecule has 8 heteroatoms. The molecule has 130 valence electrons. The van der Waals surface area contributed by atoms with E-state index in [1.165, 1.54) is 18.6 Å². The lowest BCUT2D eigenvalue weighted by Crippen LogP contribution is -2.11. The topological polar surface area (TPSA) is 75.6 Å². The molecule has 0 aliphatic rings. The van der Waals surface area contributed by atoms with Gasteiger partial charge in [0.05, 0.1) is 40.6 Å². The van der Waals surface area contributed by atoms with Gasteiger partial charge in [0.1, 0.15) is 5.65 Å². The van der Waals surface area contributed by atoms with Crippen molar-refractivity contribution in [2.75, 3.05) is 5.32 Å². The number of rotatable bonds is 4. The van der Waals surface area contributed by atoms with Crippen LogP contribution < -0.4 is 5.32 Å². The van der Waals surface area contributed by atoms with E-state index in [1.807, 2.05) is 30.3 Å². The number of carbonyl (C=O) groups is 1. The number of nitrogens with one attached hydrogen (secondary N) is 2. The van der Waals surface area contributed by atoms with E-state index in [-0.39, 0.29) is 16.1 Å². The smallest absolute Gasteiger partial charge is 0.258 e. The molecule has 0 aliphatic carbocycles. The predicted octanol–water partition coefficient (Wildman–Crippen LogP) is 3.85. The Hall–Kier alpha value is -3.19. The lowest BCUT2D eigenvalue weighted by atomic mass is 10.2. The van der Waals surface area contributed by atoms with Crippen molar-refractivity contribution < 1.29 is 9.18 Å². The van der Waals surface area contributed by atoms with Crippen LogP contribution in [0.15, 0.2) is 55.1 Å². The Balaban J connectivity index is 1.55. The largest absolute Gasteiger partial charge is 0.344 e. The maximum atomic E-state index is 14.2. The van der Waals surface area contributed by atoms with Crippen molar-refractivity contribution in [2.45, 2.75) is 6.54 Å². The first-order chi connectivity index (χ1) is 12.6. The molecule has 0 fully saturated rings. The number of aromatic nitrogens is 4. The van der Waals surface area contributed by atoms with E-state index < -0.39 is 11.7 Å². The van der Waals surface area contributed by atoms with Crippen LogP contribution in [-0.2, 0) is 6.54 Å². The summed E-state index contributed by atoms with van der Waals surface area (Å²) in [7, 11) is 0. The number of hydrogen-bond donors (Lipinski definition) is 2. The molecular weight excluding hydrogens is 357 g/mol. The van der Waals surface area contributed by atoms with E-state index >= 15 is 0 Å². The Morgan fingerprint density at radius 1 is 1.27 bits per heavy atom. The molecule has 3 heterocycles. The molecule has 1 aromatic carbocycles. The predicted molar refractivity (Wildman–Crippen MR) is 96.8 cm³/mol. The van der Waals surface area contributed by atoms with Crippen LogP contribution in [0, 0.1) is 5.82 Å². The molecular formula is C18H13ClFN5O. The highest BCUT2D eigenvalue weighted by Gasteiger charge is 2.16. The van der Waals surface area contributed by atoms with Gasteiger partial charge in [0, 0.05) is 12.4 Å². The highest BCUT2D eigenvalue weighted by Crippen LogP contribution is 2.29. The summed E-state index contributed by atoms with van der Waals surface area (Å²) in [6.07, 6.45) is 5.80. The van der Waals surface area contributed by atoms with Crippen LogP contribution in [0.1, 0.15) is 15.9 Å². The minimum Gasteiger partial charge on any atom is -0.344 e. The van der Waals surface area contributed by atoms with Gasteiger partial charge in [0.25, 0.3) is 5.91 Å². The van der Waals surface area contributed by atoms with Crippen molar-refractivity contribution in [3.8, 4) is 0 Å². The van der Waals surface area contributed by atoms with Gasteiger partial charge in [0.15, 0.2) is 5.82 Å². The van der Waals surface area contributed by atoms with E-state index in [2.05, 4.69) is 20.4 Å². The first-order valence-electron chi connectivity index (χ1n) is 7.80. The van der Waals surface area contributed by atoms with Gasteiger partial charge in [-0.3, -0.25) is 9.48 Å². The van der Waals surface area contributed by atoms with Crippen molar-refractivity contribution in [3.05, 3.63) is 77.1 Å². The highest BCUT2D eigenvalue weighted by molar-refractivity contribution is 6.31. The van der Waals surface area contributed by atoms with Gasteiger partial charge in [-0.15, -0.1) is 0 Å². The van der Waals surface area contributed by atoms with Gasteiger partial charge in [0.2, 0.25) is 0 Å². The van der Waals surface area contributed by atoms with Gasteiger partial charge in [-0.2, -0.15) is 5.10 Å². The second-order valence-electron chi connectivity index (χ2n) is 5.71. The van der Waals surface area contributed by atoms with E-state index in [4.69, 9.17) is 11.6 Å². The number of amides is 1. The van der Waals surface area contributed by atoms with Crippen LogP contribution in [0.4, 0.5) is 10.1 Å². The third-order valence-corrected chi connectivity index (χ3v) is 4.19. The zero-order valence-corrected chi connectivity index (χ0v) is 14.2. The standard InChI is InChI=1S/C18H13ClFN5O/c19-13-7-21-17-15(16(13)20)14(8-22-17)24-18(26)12-6-23-25(10-12)9-11-4-2-1-3-5-11/h1-8,10H,9H2,(H,21,22)(H,24,26). The number of nitrogens with zero attached hydrogens (tertiary/aromatic N) is 3. The van der Waals surface area contributed by atoms with Crippen molar-refractivity contribution >= 4 is 34.2 Å². The van der Waals surface area contributed by atoms with Gasteiger partial charge < -0.3 is 10.3 Å². The van der Waals surface area contributed by atoms with Crippen molar-refractivity contribution in [1.29, 1.82) is 0 Å². The summed E-state index contributed by atoms with van der Waals surface area (Å²) in [6.45, 7) is 0.551. The molecule has 2 N–H and O–H groups in total. The van der Waals surface area contributed by atoms with Gasteiger partial charge >= 0.3 is 0 Å². The van der Waals surface area contributed by atoms with Crippen LogP contribution in [0.25, 0.3) is 11.0 Å². The number of hydrogen-bond acceptors (Lipinski definition) is 3. The fourth-order valence-corrected chi connectivity index (χ4v) is 2.81. The molecule has 4 rings (SSSR count). The fraction of sp³-hybridized carbons (Fsp3) is 0.0556. The number of fused-ring (bicyclic) bond motifs is 1. The van der Waals surface area contributed by atoms with E-state index in [0.717, 1.165) is 5.56 Å². The molecule has 0 spiro atoms. The molecule has 0 bridgehead atoms. The van der Waals surface area contributed by atoms with Crippen molar-refractivity contribution in [3.63, 3.8) is 0 Å². The number of H-pyrrole nitrogens is 1. The summed E-state index contributed by atoms with van der Waals surface area (Å²) >= 11 is 5.77. The highest BCUT2D eigenvalue weighted by atomic mass is 35.5. The lowest BCUT2D eigenvalue weighted by molar-refractivity contribution is 0.102. The summed E-state index contributed by atoms with van der Waals surface area (Å²) < 4.78 is 15.9. The molecule has 0 aliphatic heterocycles. The molecule has 1 amide bonds. The molecule has 0 saturated carbocycles. The number of aromatic amines is 1. The number of pyridine rings is 1. The summed E-state index contributed by atoms with van der Waals surface area (Å²) in [6, 6.07) is 9.78. The molecule has 6 nitrogen and oxygen atoms in total. The zero-order valence-electron chi connectivity index (χ0n) is 13.4. The molecule has 0 radical (unpaired) electrons. The van der Waals surface area contributed by atoms with E-state index in [9.17, 15) is 9.18 Å². The maximum absolute atomic E-state index is 14.2. The molecule has 0 unspecified atom stereocenters. The Kier molecular flexibility index (Phi) is 4.14. The summed E-state index contributed by atoms with van der Waals surface area (Å²) in [4.78, 5) is 19.3. The molecule has 0 atom stereocenters. The second kappa shape index (κ2) is 6.61. The first kappa shape index (κ1) is 16.3. The SMILES string of the molecule is O=C(Nc1c[nH]c2ncc(Cl)c(F)c12)c1cnn(Cc2ccccc2)c1. The average Bonchev–Trinajstić information content (AvgIpc) is 3.27. The fourth-order valence-electron chi connectivity index (χ4n) is 2.66. The monoisotopic (exact) mass is 369 g/mol. The lowest BCUT2D eigenvalue weighted by Gasteiger charge is -2.03. The molecule has 3 aromatic heterocycles. The van der Waals surface area contributed by atoms with Crippen LogP contribution >= 0.6 is 11.6 Å². The van der Waals surface area contributed by atoms with Crippen LogP contribution in [0.2, 0.25) is 5.02 Å². The normalized spacial score (nSPS) is 11.0. The minimum absolute atomic E-state index is 0.108. The Bertz CT molecular complexity index is 1090. The van der Waals surface area contributed by atoms with Crippen LogP contribution in [0.3, 0.4) is 0 Å². The quantitative estimate of drug-likeness (QED) is 0.573. The van der Waals surface area contributed by atoms with Crippen molar-refractivity contribution in [2.24, 2.45) is 0 Å². The number of benzene rings is 1. The number of anilines is 1. The third kappa shape index (κ3) is 3.04. The Labute approximate surface area is 152 Å². The van der Waals surface area contributed by atoms with Crippen LogP contribution in [0.5, 0.6) is 0 Å². The van der Waals surface area contributed by atoms with Gasteiger partial charge in [-0.25, -0.2) is 9.37 Å². The molecule has 0 saturated heterocycles. The van der Waals surface area contributed by atoms with Gasteiger partial charge in [-0.05, 0) is 5.56 Å². The van der Waals surface area contributed by atoms with Crippen LogP contribution in [-0.4, -0.2) is 25.7 Å². The first-order valence-corrected chi connectivity index (χ1v) is 8.18. The van der Waals surface area contributed by atoms with E-state index in [0.29, 0.717) is 17.8 Å². The average molecular weight is 370 g/mol. The zero-order chi connectivity index (χ0) is 18.1. The number of carbonyl (C=O) groups excluding carboxylic acids is 1. The summed E-state index contributed by atoms with van der Waals surface area (Å²) in [5, 5.41) is 6.89. The Morgan fingerprint density at radius 3 is 2.88 bits per heavy atom. The van der Waals surface area contributed by atoms with Gasteiger partial charge in [-0.1, -0.05) is 41.9 Å².